The number of anilines is 1. The largest absolute Gasteiger partial charge is 0.347 e. The summed E-state index contributed by atoms with van der Waals surface area (Å²) in [5.41, 5.74) is 5.90. The van der Waals surface area contributed by atoms with Crippen molar-refractivity contribution in [2.75, 3.05) is 5.32 Å². The van der Waals surface area contributed by atoms with Crippen LogP contribution in [0.5, 0.6) is 0 Å². The molecule has 2 nitrogen and oxygen atoms in total. The summed E-state index contributed by atoms with van der Waals surface area (Å²) in [5.74, 6) is 0.765. The van der Waals surface area contributed by atoms with Crippen LogP contribution in [0.3, 0.4) is 0 Å². The zero-order valence-corrected chi connectivity index (χ0v) is 11.3. The van der Waals surface area contributed by atoms with Crippen molar-refractivity contribution in [3.63, 3.8) is 0 Å². The van der Waals surface area contributed by atoms with Gasteiger partial charge < -0.3 is 10.6 Å². The highest BCUT2D eigenvalue weighted by Crippen LogP contribution is 2.25. The Kier molecular flexibility index (Phi) is 4.38. The highest BCUT2D eigenvalue weighted by molar-refractivity contribution is 5.62. The fourth-order valence-corrected chi connectivity index (χ4v) is 1.78. The quantitative estimate of drug-likeness (QED) is 0.802. The van der Waals surface area contributed by atoms with Gasteiger partial charge in [-0.15, -0.1) is 0 Å². The van der Waals surface area contributed by atoms with E-state index in [1.807, 2.05) is 6.92 Å². The van der Waals surface area contributed by atoms with Gasteiger partial charge in [-0.1, -0.05) is 32.2 Å². The van der Waals surface area contributed by atoms with Crippen molar-refractivity contribution >= 4 is 5.69 Å². The lowest BCUT2D eigenvalue weighted by Crippen LogP contribution is -2.17. The number of hydrogen-bond donors (Lipinski definition) is 2. The molecular formula is C15H22N2. The van der Waals surface area contributed by atoms with Crippen molar-refractivity contribution in [2.24, 2.45) is 0 Å². The smallest absolute Gasteiger partial charge is 0.0999 e. The molecule has 1 rings (SSSR count). The maximum absolute atomic E-state index is 3.95. The van der Waals surface area contributed by atoms with Crippen molar-refractivity contribution in [1.82, 2.24) is 5.32 Å². The number of aryl methyl sites for hydroxylation is 2. The Morgan fingerprint density at radius 3 is 2.41 bits per heavy atom. The van der Waals surface area contributed by atoms with Crippen molar-refractivity contribution < 1.29 is 0 Å². The van der Waals surface area contributed by atoms with Crippen LogP contribution in [0.25, 0.3) is 0 Å². The fraction of sp³-hybridized carbons (Fsp3) is 0.333. The molecule has 0 bridgehead atoms. The van der Waals surface area contributed by atoms with Gasteiger partial charge >= 0.3 is 0 Å². The molecule has 1 aromatic rings. The van der Waals surface area contributed by atoms with Crippen molar-refractivity contribution in [3.8, 4) is 0 Å². The summed E-state index contributed by atoms with van der Waals surface area (Å²) in [6.45, 7) is 16.1. The fourth-order valence-electron chi connectivity index (χ4n) is 1.78. The monoisotopic (exact) mass is 230 g/mol. The first-order valence-corrected chi connectivity index (χ1v) is 5.93. The van der Waals surface area contributed by atoms with Gasteiger partial charge in [0.05, 0.1) is 5.82 Å². The third-order valence-electron chi connectivity index (χ3n) is 2.84. The maximum Gasteiger partial charge on any atom is 0.0999 e. The van der Waals surface area contributed by atoms with E-state index in [-0.39, 0.29) is 0 Å². The van der Waals surface area contributed by atoms with Crippen LogP contribution in [-0.4, -0.2) is 0 Å². The number of benzene rings is 1. The van der Waals surface area contributed by atoms with Gasteiger partial charge in [0.1, 0.15) is 0 Å². The summed E-state index contributed by atoms with van der Waals surface area (Å²) in [5, 5.41) is 6.42. The second-order valence-electron chi connectivity index (χ2n) is 4.40. The third kappa shape index (κ3) is 3.38. The summed E-state index contributed by atoms with van der Waals surface area (Å²) in [7, 11) is 0. The van der Waals surface area contributed by atoms with Gasteiger partial charge in [0.25, 0.3) is 0 Å². The van der Waals surface area contributed by atoms with Crippen LogP contribution in [0.2, 0.25) is 0 Å². The van der Waals surface area contributed by atoms with Crippen molar-refractivity contribution in [1.29, 1.82) is 0 Å². The summed E-state index contributed by atoms with van der Waals surface area (Å²) < 4.78 is 0. The summed E-state index contributed by atoms with van der Waals surface area (Å²) in [4.78, 5) is 0. The van der Waals surface area contributed by atoms with Crippen LogP contribution in [0.4, 0.5) is 5.69 Å². The summed E-state index contributed by atoms with van der Waals surface area (Å²) >= 11 is 0. The predicted octanol–water partition coefficient (Wildman–Crippen LogP) is 3.87. The highest BCUT2D eigenvalue weighted by atomic mass is 15.1. The van der Waals surface area contributed by atoms with Crippen LogP contribution in [-0.2, 0) is 6.42 Å². The first-order valence-electron chi connectivity index (χ1n) is 5.93. The van der Waals surface area contributed by atoms with E-state index in [1.54, 1.807) is 0 Å². The molecule has 92 valence electrons. The minimum Gasteiger partial charge on any atom is -0.347 e. The molecule has 0 spiro atoms. The molecule has 0 amide bonds. The molecule has 0 aliphatic rings. The number of hydrogen-bond acceptors (Lipinski definition) is 2. The Balaban J connectivity index is 3.00. The zero-order chi connectivity index (χ0) is 13.0. The van der Waals surface area contributed by atoms with E-state index in [0.717, 1.165) is 23.6 Å². The molecule has 0 radical (unpaired) electrons. The molecule has 17 heavy (non-hydrogen) atoms. The first kappa shape index (κ1) is 13.4. The van der Waals surface area contributed by atoms with E-state index in [0.29, 0.717) is 0 Å². The lowest BCUT2D eigenvalue weighted by atomic mass is 10.0. The van der Waals surface area contributed by atoms with Crippen molar-refractivity contribution in [2.45, 2.75) is 34.1 Å². The molecule has 0 aromatic heterocycles. The summed E-state index contributed by atoms with van der Waals surface area (Å²) in [6.07, 6.45) is 1.00. The van der Waals surface area contributed by atoms with Crippen LogP contribution >= 0.6 is 0 Å². The molecule has 0 aliphatic carbocycles. The second-order valence-corrected chi connectivity index (χ2v) is 4.40. The van der Waals surface area contributed by atoms with E-state index in [4.69, 9.17) is 0 Å². The van der Waals surface area contributed by atoms with Crippen LogP contribution in [0.1, 0.15) is 30.5 Å². The molecule has 0 heterocycles. The normalized spacial score (nSPS) is 9.88. The minimum atomic E-state index is 0.765. The molecule has 1 aromatic carbocycles. The topological polar surface area (TPSA) is 24.1 Å². The molecule has 2 heteroatoms. The van der Waals surface area contributed by atoms with Gasteiger partial charge in [-0.2, -0.15) is 0 Å². The highest BCUT2D eigenvalue weighted by Gasteiger charge is 2.07. The van der Waals surface area contributed by atoms with E-state index in [9.17, 15) is 0 Å². The Labute approximate surface area is 104 Å². The number of nitrogens with one attached hydrogen (secondary N) is 2. The van der Waals surface area contributed by atoms with E-state index >= 15 is 0 Å². The van der Waals surface area contributed by atoms with E-state index < -0.39 is 0 Å². The number of rotatable bonds is 5. The summed E-state index contributed by atoms with van der Waals surface area (Å²) in [6, 6.07) is 4.33. The van der Waals surface area contributed by atoms with Crippen LogP contribution in [0, 0.1) is 13.8 Å². The molecule has 0 atom stereocenters. The number of allylic oxidation sites excluding steroid dienone is 1. The first-order chi connectivity index (χ1) is 7.95. The Bertz CT molecular complexity index is 444. The third-order valence-corrected chi connectivity index (χ3v) is 2.84. The molecule has 0 saturated heterocycles. The minimum absolute atomic E-state index is 0.765. The van der Waals surface area contributed by atoms with Gasteiger partial charge in [-0.3, -0.25) is 0 Å². The molecule has 0 saturated carbocycles. The lowest BCUT2D eigenvalue weighted by Gasteiger charge is -2.18. The molecule has 0 fully saturated rings. The average molecular weight is 230 g/mol. The van der Waals surface area contributed by atoms with Crippen LogP contribution < -0.4 is 10.6 Å². The van der Waals surface area contributed by atoms with Gasteiger partial charge in [-0.25, -0.2) is 0 Å². The Morgan fingerprint density at radius 2 is 1.88 bits per heavy atom. The van der Waals surface area contributed by atoms with E-state index in [2.05, 4.69) is 56.7 Å². The standard InChI is InChI=1S/C15H22N2/c1-7-14-9-8-11(4)12(5)15(14)17-13(6)16-10(2)3/h8-9,16-17H,2,6-7H2,1,3-5H3. The van der Waals surface area contributed by atoms with Gasteiger partial charge in [0, 0.05) is 11.4 Å². The van der Waals surface area contributed by atoms with Crippen LogP contribution in [0.15, 0.2) is 36.8 Å². The Morgan fingerprint density at radius 1 is 1.24 bits per heavy atom. The molecular weight excluding hydrogens is 208 g/mol. The molecule has 2 N–H and O–H groups in total. The van der Waals surface area contributed by atoms with E-state index in [1.165, 1.54) is 16.7 Å². The maximum atomic E-state index is 3.95. The zero-order valence-electron chi connectivity index (χ0n) is 11.3. The SMILES string of the molecule is C=C(C)NC(=C)Nc1c(CC)ccc(C)c1C. The van der Waals surface area contributed by atoms with Gasteiger partial charge in [0.2, 0.25) is 0 Å². The molecule has 0 aliphatic heterocycles. The predicted molar refractivity (Wildman–Crippen MR) is 76.0 cm³/mol. The lowest BCUT2D eigenvalue weighted by molar-refractivity contribution is 0.980. The van der Waals surface area contributed by atoms with Gasteiger partial charge in [0.15, 0.2) is 0 Å². The Hall–Kier alpha value is -1.70. The molecule has 0 unspecified atom stereocenters. The van der Waals surface area contributed by atoms with Crippen molar-refractivity contribution in [3.05, 3.63) is 53.5 Å². The average Bonchev–Trinajstić information content (AvgIpc) is 2.24. The van der Waals surface area contributed by atoms with Gasteiger partial charge in [-0.05, 0) is 43.9 Å². The second kappa shape index (κ2) is 5.58.